The molecule has 0 aliphatic rings. The lowest BCUT2D eigenvalue weighted by atomic mass is 10.1. The van der Waals surface area contributed by atoms with Gasteiger partial charge < -0.3 is 53.5 Å². The standard InChI is InChI=1S/C20H41N7O7/c21-9-3-1-5-15(12-32-18(25)29)26-20(31)34-13-16(6-2-4-10-22)27-19(30)33-11-14(23)7-8-17(24)28/h14-16H,1-13,21-23H2,(H2,24,28)(H2,25,29)(H,26,31)(H,27,30)/t14-,15+,16-/m1/s1. The van der Waals surface area contributed by atoms with Crippen LogP contribution in [0.15, 0.2) is 0 Å². The molecular formula is C20H41N7O7. The van der Waals surface area contributed by atoms with E-state index < -0.39 is 42.3 Å². The van der Waals surface area contributed by atoms with Crippen LogP contribution in [0.1, 0.15) is 51.4 Å². The zero-order valence-electron chi connectivity index (χ0n) is 19.7. The van der Waals surface area contributed by atoms with Crippen molar-refractivity contribution in [2.45, 2.75) is 69.5 Å². The largest absolute Gasteiger partial charge is 0.448 e. The van der Waals surface area contributed by atoms with Gasteiger partial charge in [0.2, 0.25) is 5.91 Å². The second kappa shape index (κ2) is 19.6. The van der Waals surface area contributed by atoms with Gasteiger partial charge >= 0.3 is 18.3 Å². The summed E-state index contributed by atoms with van der Waals surface area (Å²) in [5.41, 5.74) is 26.8. The van der Waals surface area contributed by atoms with Crippen molar-refractivity contribution in [2.24, 2.45) is 28.7 Å². The van der Waals surface area contributed by atoms with E-state index in [2.05, 4.69) is 10.6 Å². The highest BCUT2D eigenvalue weighted by Crippen LogP contribution is 2.05. The van der Waals surface area contributed by atoms with Gasteiger partial charge in [0, 0.05) is 12.5 Å². The van der Waals surface area contributed by atoms with Crippen LogP contribution in [-0.2, 0) is 19.0 Å². The highest BCUT2D eigenvalue weighted by molar-refractivity contribution is 5.73. The van der Waals surface area contributed by atoms with Crippen molar-refractivity contribution in [1.29, 1.82) is 0 Å². The van der Waals surface area contributed by atoms with Crippen molar-refractivity contribution < 1.29 is 33.4 Å². The second-order valence-electron chi connectivity index (χ2n) is 7.84. The highest BCUT2D eigenvalue weighted by Gasteiger charge is 2.19. The summed E-state index contributed by atoms with van der Waals surface area (Å²) in [6, 6.07) is -1.55. The summed E-state index contributed by atoms with van der Waals surface area (Å²) < 4.78 is 15.1. The number of hydrogen-bond donors (Lipinski definition) is 7. The quantitative estimate of drug-likeness (QED) is 0.0867. The number of carbonyl (C=O) groups is 4. The fourth-order valence-corrected chi connectivity index (χ4v) is 2.83. The van der Waals surface area contributed by atoms with Crippen molar-refractivity contribution in [3.63, 3.8) is 0 Å². The van der Waals surface area contributed by atoms with E-state index in [4.69, 9.17) is 42.9 Å². The van der Waals surface area contributed by atoms with Gasteiger partial charge in [-0.1, -0.05) is 12.8 Å². The van der Waals surface area contributed by atoms with Crippen molar-refractivity contribution in [3.05, 3.63) is 0 Å². The number of primary amides is 2. The van der Waals surface area contributed by atoms with Crippen LogP contribution >= 0.6 is 0 Å². The Kier molecular flexibility index (Phi) is 18.0. The summed E-state index contributed by atoms with van der Waals surface area (Å²) >= 11 is 0. The monoisotopic (exact) mass is 491 g/mol. The van der Waals surface area contributed by atoms with E-state index in [1.807, 2.05) is 0 Å². The zero-order chi connectivity index (χ0) is 25.8. The first-order valence-corrected chi connectivity index (χ1v) is 11.4. The first-order valence-electron chi connectivity index (χ1n) is 11.4. The number of alkyl carbamates (subject to hydrolysis) is 2. The molecule has 12 N–H and O–H groups in total. The maximum Gasteiger partial charge on any atom is 0.407 e. The molecule has 0 unspecified atom stereocenters. The molecule has 4 amide bonds. The van der Waals surface area contributed by atoms with Gasteiger partial charge in [0.15, 0.2) is 0 Å². The molecule has 0 rings (SSSR count). The average molecular weight is 492 g/mol. The lowest BCUT2D eigenvalue weighted by molar-refractivity contribution is -0.118. The Morgan fingerprint density at radius 3 is 1.59 bits per heavy atom. The number of nitrogens with one attached hydrogen (secondary N) is 2. The minimum Gasteiger partial charge on any atom is -0.448 e. The van der Waals surface area contributed by atoms with E-state index in [-0.39, 0.29) is 32.7 Å². The lowest BCUT2D eigenvalue weighted by Crippen LogP contribution is -2.44. The van der Waals surface area contributed by atoms with E-state index in [0.717, 1.165) is 12.8 Å². The van der Waals surface area contributed by atoms with Gasteiger partial charge in [-0.05, 0) is 45.2 Å². The summed E-state index contributed by atoms with van der Waals surface area (Å²) in [4.78, 5) is 46.0. The molecule has 198 valence electrons. The summed E-state index contributed by atoms with van der Waals surface area (Å²) in [5.74, 6) is -0.488. The normalized spacial score (nSPS) is 13.3. The summed E-state index contributed by atoms with van der Waals surface area (Å²) in [6.07, 6.45) is 1.85. The Hall–Kier alpha value is -2.84. The van der Waals surface area contributed by atoms with Gasteiger partial charge in [-0.2, -0.15) is 0 Å². The number of unbranched alkanes of at least 4 members (excludes halogenated alkanes) is 2. The minimum absolute atomic E-state index is 0.0918. The van der Waals surface area contributed by atoms with E-state index in [1.54, 1.807) is 0 Å². The predicted molar refractivity (Wildman–Crippen MR) is 124 cm³/mol. The zero-order valence-corrected chi connectivity index (χ0v) is 19.7. The van der Waals surface area contributed by atoms with Gasteiger partial charge in [0.1, 0.15) is 19.8 Å². The van der Waals surface area contributed by atoms with Crippen LogP contribution in [0, 0.1) is 0 Å². The Morgan fingerprint density at radius 2 is 1.15 bits per heavy atom. The van der Waals surface area contributed by atoms with Crippen LogP contribution in [0.3, 0.4) is 0 Å². The van der Waals surface area contributed by atoms with Gasteiger partial charge in [-0.15, -0.1) is 0 Å². The SMILES string of the molecule is NCCCC[C@H](COC(=O)N[C@@H](CCCCN)COC(N)=O)NC(=O)OC[C@H](N)CCC(N)=O. The molecule has 0 aromatic heterocycles. The first-order chi connectivity index (χ1) is 16.2. The molecule has 0 heterocycles. The Labute approximate surface area is 199 Å². The van der Waals surface area contributed by atoms with Crippen LogP contribution in [0.5, 0.6) is 0 Å². The van der Waals surface area contributed by atoms with Gasteiger partial charge in [0.05, 0.1) is 12.1 Å². The molecule has 0 aromatic carbocycles. The molecule has 14 heteroatoms. The number of nitrogens with two attached hydrogens (primary N) is 5. The third-order valence-electron chi connectivity index (χ3n) is 4.69. The molecule has 0 bridgehead atoms. The molecule has 3 atom stereocenters. The highest BCUT2D eigenvalue weighted by atomic mass is 16.6. The molecule has 0 fully saturated rings. The Morgan fingerprint density at radius 1 is 0.676 bits per heavy atom. The molecule has 0 aromatic rings. The van der Waals surface area contributed by atoms with E-state index in [9.17, 15) is 19.2 Å². The molecule has 0 saturated heterocycles. The molecule has 34 heavy (non-hydrogen) atoms. The maximum absolute atomic E-state index is 12.2. The van der Waals surface area contributed by atoms with Crippen molar-refractivity contribution >= 4 is 24.2 Å². The number of rotatable bonds is 19. The first kappa shape index (κ1) is 31.2. The van der Waals surface area contributed by atoms with E-state index in [1.165, 1.54) is 0 Å². The molecule has 0 saturated carbocycles. The number of ether oxygens (including phenoxy) is 3. The summed E-state index contributed by atoms with van der Waals surface area (Å²) in [5, 5.41) is 5.25. The van der Waals surface area contributed by atoms with Crippen LogP contribution in [0.2, 0.25) is 0 Å². The second-order valence-corrected chi connectivity index (χ2v) is 7.84. The third-order valence-corrected chi connectivity index (χ3v) is 4.69. The molecule has 0 aliphatic carbocycles. The lowest BCUT2D eigenvalue weighted by Gasteiger charge is -2.21. The fraction of sp³-hybridized carbons (Fsp3) is 0.800. The molecular weight excluding hydrogens is 450 g/mol. The Balaban J connectivity index is 4.65. The molecule has 14 nitrogen and oxygen atoms in total. The van der Waals surface area contributed by atoms with Crippen molar-refractivity contribution in [1.82, 2.24) is 10.6 Å². The summed E-state index contributed by atoms with van der Waals surface area (Å²) in [6.45, 7) is 0.662. The fourth-order valence-electron chi connectivity index (χ4n) is 2.83. The average Bonchev–Trinajstić information content (AvgIpc) is 2.78. The van der Waals surface area contributed by atoms with Crippen LogP contribution < -0.4 is 39.3 Å². The Bertz CT molecular complexity index is 610. The van der Waals surface area contributed by atoms with E-state index >= 15 is 0 Å². The number of amides is 4. The van der Waals surface area contributed by atoms with Crippen molar-refractivity contribution in [3.8, 4) is 0 Å². The van der Waals surface area contributed by atoms with Crippen LogP contribution in [-0.4, -0.2) is 75.2 Å². The smallest absolute Gasteiger partial charge is 0.407 e. The summed E-state index contributed by atoms with van der Waals surface area (Å²) in [7, 11) is 0. The predicted octanol–water partition coefficient (Wildman–Crippen LogP) is -0.878. The van der Waals surface area contributed by atoms with Gasteiger partial charge in [-0.25, -0.2) is 14.4 Å². The van der Waals surface area contributed by atoms with Gasteiger partial charge in [-0.3, -0.25) is 4.79 Å². The maximum atomic E-state index is 12.2. The van der Waals surface area contributed by atoms with Gasteiger partial charge in [0.25, 0.3) is 0 Å². The third kappa shape index (κ3) is 18.7. The molecule has 0 spiro atoms. The minimum atomic E-state index is -0.948. The number of carbonyl (C=O) groups excluding carboxylic acids is 4. The van der Waals surface area contributed by atoms with E-state index in [0.29, 0.717) is 38.8 Å². The number of hydrogen-bond acceptors (Lipinski definition) is 10. The molecule has 0 radical (unpaired) electrons. The van der Waals surface area contributed by atoms with Crippen molar-refractivity contribution in [2.75, 3.05) is 32.9 Å². The van der Waals surface area contributed by atoms with Crippen LogP contribution in [0.4, 0.5) is 14.4 Å². The van der Waals surface area contributed by atoms with Crippen LogP contribution in [0.25, 0.3) is 0 Å². The topological polar surface area (TPSA) is 250 Å². The molecule has 0 aliphatic heterocycles.